The van der Waals surface area contributed by atoms with Gasteiger partial charge in [0.15, 0.2) is 5.78 Å². The van der Waals surface area contributed by atoms with Crippen LogP contribution in [0.25, 0.3) is 0 Å². The molecule has 6 heteroatoms. The first-order valence-corrected chi connectivity index (χ1v) is 10.1. The van der Waals surface area contributed by atoms with Gasteiger partial charge in [-0.3, -0.25) is 9.69 Å². The zero-order chi connectivity index (χ0) is 19.7. The zero-order valence-corrected chi connectivity index (χ0v) is 16.3. The van der Waals surface area contributed by atoms with E-state index in [0.29, 0.717) is 6.42 Å². The van der Waals surface area contributed by atoms with Crippen LogP contribution in [0.3, 0.4) is 0 Å². The summed E-state index contributed by atoms with van der Waals surface area (Å²) in [5, 5.41) is 0. The van der Waals surface area contributed by atoms with Gasteiger partial charge >= 0.3 is 0 Å². The molecule has 1 aliphatic heterocycles. The molecule has 4 nitrogen and oxygen atoms in total. The SMILES string of the molecule is CC(F)(F)c1cccc(N2CCN(CCn3ccc4c3CCCC4=O)CC2)c1. The molecule has 0 bridgehead atoms. The number of alkyl halides is 2. The van der Waals surface area contributed by atoms with Crippen molar-refractivity contribution in [2.75, 3.05) is 37.6 Å². The van der Waals surface area contributed by atoms with Crippen LogP contribution in [0.15, 0.2) is 36.5 Å². The number of Topliss-reactive ketones (excluding diaryl/α,β-unsaturated/α-hetero) is 1. The first-order chi connectivity index (χ1) is 13.4. The van der Waals surface area contributed by atoms with Crippen molar-refractivity contribution in [2.24, 2.45) is 0 Å². The molecule has 0 atom stereocenters. The number of carbonyl (C=O) groups is 1. The number of anilines is 1. The number of fused-ring (bicyclic) bond motifs is 1. The second kappa shape index (κ2) is 7.66. The Kier molecular flexibility index (Phi) is 5.23. The fourth-order valence-electron chi connectivity index (χ4n) is 4.25. The van der Waals surface area contributed by atoms with E-state index in [-0.39, 0.29) is 11.3 Å². The minimum atomic E-state index is -2.81. The summed E-state index contributed by atoms with van der Waals surface area (Å²) < 4.78 is 29.4. The van der Waals surface area contributed by atoms with E-state index in [1.54, 1.807) is 12.1 Å². The van der Waals surface area contributed by atoms with E-state index in [0.717, 1.165) is 70.3 Å². The van der Waals surface area contributed by atoms with Crippen LogP contribution in [0.2, 0.25) is 0 Å². The number of hydrogen-bond donors (Lipinski definition) is 0. The first kappa shape index (κ1) is 19.1. The van der Waals surface area contributed by atoms with Crippen LogP contribution in [0.1, 0.15) is 41.4 Å². The van der Waals surface area contributed by atoms with Crippen molar-refractivity contribution < 1.29 is 13.6 Å². The average molecular weight is 387 g/mol. The van der Waals surface area contributed by atoms with Crippen LogP contribution in [-0.2, 0) is 18.9 Å². The molecule has 4 rings (SSSR count). The number of hydrogen-bond acceptors (Lipinski definition) is 3. The number of ketones is 1. The Morgan fingerprint density at radius 1 is 1.04 bits per heavy atom. The summed E-state index contributed by atoms with van der Waals surface area (Å²) in [6, 6.07) is 8.69. The standard InChI is InChI=1S/C22H27F2N3O/c1-22(23,24)17-4-2-5-18(16-17)26-13-10-25(11-14-26)12-15-27-9-8-19-20(27)6-3-7-21(19)28/h2,4-5,8-9,16H,3,6-7,10-15H2,1H3. The van der Waals surface area contributed by atoms with Gasteiger partial charge in [-0.05, 0) is 31.0 Å². The average Bonchev–Trinajstić information content (AvgIpc) is 3.11. The number of piperazine rings is 1. The minimum Gasteiger partial charge on any atom is -0.369 e. The molecule has 2 aliphatic rings. The van der Waals surface area contributed by atoms with Gasteiger partial charge in [-0.15, -0.1) is 0 Å². The van der Waals surface area contributed by atoms with Gasteiger partial charge in [0.1, 0.15) is 0 Å². The van der Waals surface area contributed by atoms with E-state index in [1.165, 1.54) is 11.8 Å². The lowest BCUT2D eigenvalue weighted by atomic mass is 9.97. The van der Waals surface area contributed by atoms with Crippen LogP contribution in [0.4, 0.5) is 14.5 Å². The lowest BCUT2D eigenvalue weighted by molar-refractivity contribution is 0.0175. The fraction of sp³-hybridized carbons (Fsp3) is 0.500. The maximum atomic E-state index is 13.6. The smallest absolute Gasteiger partial charge is 0.270 e. The predicted molar refractivity (Wildman–Crippen MR) is 106 cm³/mol. The van der Waals surface area contributed by atoms with Crippen LogP contribution >= 0.6 is 0 Å². The Morgan fingerprint density at radius 2 is 1.82 bits per heavy atom. The topological polar surface area (TPSA) is 28.5 Å². The van der Waals surface area contributed by atoms with Crippen LogP contribution in [0, 0.1) is 0 Å². The molecule has 1 fully saturated rings. The van der Waals surface area contributed by atoms with Gasteiger partial charge in [-0.25, -0.2) is 8.78 Å². The minimum absolute atomic E-state index is 0.0689. The molecular weight excluding hydrogens is 360 g/mol. The molecular formula is C22H27F2N3O. The van der Waals surface area contributed by atoms with E-state index < -0.39 is 5.92 Å². The van der Waals surface area contributed by atoms with Crippen molar-refractivity contribution in [1.82, 2.24) is 9.47 Å². The van der Waals surface area contributed by atoms with Crippen molar-refractivity contribution >= 4 is 11.5 Å². The number of nitrogens with zero attached hydrogens (tertiary/aromatic N) is 3. The predicted octanol–water partition coefficient (Wildman–Crippen LogP) is 3.94. The monoisotopic (exact) mass is 387 g/mol. The molecule has 0 amide bonds. The molecule has 1 aromatic heterocycles. The molecule has 1 aliphatic carbocycles. The van der Waals surface area contributed by atoms with Crippen LogP contribution < -0.4 is 4.90 Å². The molecule has 0 unspecified atom stereocenters. The highest BCUT2D eigenvalue weighted by Gasteiger charge is 2.26. The highest BCUT2D eigenvalue weighted by molar-refractivity contribution is 5.98. The third kappa shape index (κ3) is 3.97. The second-order valence-electron chi connectivity index (χ2n) is 7.91. The van der Waals surface area contributed by atoms with Crippen molar-refractivity contribution in [2.45, 2.75) is 38.7 Å². The summed E-state index contributed by atoms with van der Waals surface area (Å²) in [7, 11) is 0. The van der Waals surface area contributed by atoms with Gasteiger partial charge in [0, 0.05) is 81.3 Å². The fourth-order valence-corrected chi connectivity index (χ4v) is 4.25. The number of benzene rings is 1. The molecule has 1 saturated heterocycles. The Balaban J connectivity index is 1.32. The molecule has 0 radical (unpaired) electrons. The van der Waals surface area contributed by atoms with E-state index in [4.69, 9.17) is 0 Å². The molecule has 1 aromatic carbocycles. The number of aromatic nitrogens is 1. The number of rotatable bonds is 5. The van der Waals surface area contributed by atoms with Gasteiger partial charge < -0.3 is 9.47 Å². The Labute approximate surface area is 164 Å². The third-order valence-electron chi connectivity index (χ3n) is 5.94. The van der Waals surface area contributed by atoms with E-state index in [1.807, 2.05) is 18.3 Å². The maximum Gasteiger partial charge on any atom is 0.270 e. The van der Waals surface area contributed by atoms with Crippen molar-refractivity contribution in [1.29, 1.82) is 0 Å². The van der Waals surface area contributed by atoms with Crippen molar-refractivity contribution in [3.8, 4) is 0 Å². The first-order valence-electron chi connectivity index (χ1n) is 10.1. The number of carbonyl (C=O) groups excluding carboxylic acids is 1. The van der Waals surface area contributed by atoms with Gasteiger partial charge in [0.25, 0.3) is 5.92 Å². The highest BCUT2D eigenvalue weighted by Crippen LogP contribution is 2.30. The molecule has 2 aromatic rings. The third-order valence-corrected chi connectivity index (χ3v) is 5.94. The normalized spacial score (nSPS) is 18.4. The Bertz CT molecular complexity index is 848. The quantitative estimate of drug-likeness (QED) is 0.778. The van der Waals surface area contributed by atoms with Gasteiger partial charge in [-0.2, -0.15) is 0 Å². The number of halogens is 2. The van der Waals surface area contributed by atoms with E-state index in [2.05, 4.69) is 14.4 Å². The van der Waals surface area contributed by atoms with Crippen molar-refractivity contribution in [3.63, 3.8) is 0 Å². The maximum absolute atomic E-state index is 13.6. The summed E-state index contributed by atoms with van der Waals surface area (Å²) in [6.07, 6.45) is 4.65. The van der Waals surface area contributed by atoms with Gasteiger partial charge in [-0.1, -0.05) is 12.1 Å². The summed E-state index contributed by atoms with van der Waals surface area (Å²) in [5.41, 5.74) is 3.03. The largest absolute Gasteiger partial charge is 0.369 e. The lowest BCUT2D eigenvalue weighted by Gasteiger charge is -2.36. The molecule has 0 N–H and O–H groups in total. The molecule has 0 spiro atoms. The summed E-state index contributed by atoms with van der Waals surface area (Å²) in [6.45, 7) is 6.26. The molecule has 2 heterocycles. The van der Waals surface area contributed by atoms with E-state index >= 15 is 0 Å². The van der Waals surface area contributed by atoms with Crippen LogP contribution in [-0.4, -0.2) is 48.0 Å². The summed E-state index contributed by atoms with van der Waals surface area (Å²) in [5.74, 6) is -2.54. The lowest BCUT2D eigenvalue weighted by Crippen LogP contribution is -2.47. The van der Waals surface area contributed by atoms with E-state index in [9.17, 15) is 13.6 Å². The highest BCUT2D eigenvalue weighted by atomic mass is 19.3. The second-order valence-corrected chi connectivity index (χ2v) is 7.91. The summed E-state index contributed by atoms with van der Waals surface area (Å²) >= 11 is 0. The van der Waals surface area contributed by atoms with Crippen LogP contribution in [0.5, 0.6) is 0 Å². The molecule has 28 heavy (non-hydrogen) atoms. The zero-order valence-electron chi connectivity index (χ0n) is 16.3. The summed E-state index contributed by atoms with van der Waals surface area (Å²) in [4.78, 5) is 16.6. The van der Waals surface area contributed by atoms with Gasteiger partial charge in [0.05, 0.1) is 0 Å². The van der Waals surface area contributed by atoms with Gasteiger partial charge in [0.2, 0.25) is 0 Å². The molecule has 0 saturated carbocycles. The Morgan fingerprint density at radius 3 is 2.57 bits per heavy atom. The van der Waals surface area contributed by atoms with Crippen molar-refractivity contribution in [3.05, 3.63) is 53.3 Å². The molecule has 150 valence electrons. The Hall–Kier alpha value is -2.21.